The van der Waals surface area contributed by atoms with Crippen molar-refractivity contribution >= 4 is 6.16 Å². The van der Waals surface area contributed by atoms with Gasteiger partial charge in [0.25, 0.3) is 0 Å². The Hall–Kier alpha value is -5.53. The van der Waals surface area contributed by atoms with Gasteiger partial charge in [-0.3, -0.25) is 0 Å². The summed E-state index contributed by atoms with van der Waals surface area (Å²) in [5.41, 5.74) is -0.799. The zero-order chi connectivity index (χ0) is 31.5. The molecule has 3 aromatic carbocycles. The van der Waals surface area contributed by atoms with Crippen LogP contribution < -0.4 is 14.2 Å². The van der Waals surface area contributed by atoms with Crippen LogP contribution in [0.2, 0.25) is 0 Å². The molecule has 0 aliphatic carbocycles. The zero-order valence-corrected chi connectivity index (χ0v) is 22.1. The number of ether oxygens (including phenoxy) is 3. The molecule has 0 atom stereocenters. The third-order valence-electron chi connectivity index (χ3n) is 6.05. The molecule has 0 spiro atoms. The van der Waals surface area contributed by atoms with Gasteiger partial charge in [0.15, 0.2) is 17.3 Å². The largest absolute Gasteiger partial charge is 0.511 e. The normalized spacial score (nSPS) is 11.7. The van der Waals surface area contributed by atoms with Gasteiger partial charge < -0.3 is 19.3 Å². The fourth-order valence-electron chi connectivity index (χ4n) is 4.09. The Morgan fingerprint density at radius 3 is 2.07 bits per heavy atom. The van der Waals surface area contributed by atoms with E-state index < -0.39 is 35.5 Å². The molecule has 0 fully saturated rings. The molecule has 14 heteroatoms. The van der Waals surface area contributed by atoms with Crippen LogP contribution in [0.15, 0.2) is 97.2 Å². The highest BCUT2D eigenvalue weighted by molar-refractivity contribution is 5.68. The molecule has 5 aromatic rings. The first kappa shape index (κ1) is 29.9. The Balaban J connectivity index is 1.32. The van der Waals surface area contributed by atoms with E-state index in [0.717, 1.165) is 17.7 Å². The number of rotatable bonds is 8. The number of alkyl halides is 6. The number of hydrogen-bond donors (Lipinski definition) is 1. The number of hydrogen-bond acceptors (Lipinski definition) is 6. The van der Waals surface area contributed by atoms with Gasteiger partial charge in [0, 0.05) is 5.56 Å². The number of halogens is 6. The molecular formula is C30H19F6N3O5. The first-order valence-electron chi connectivity index (χ1n) is 12.6. The average molecular weight is 615 g/mol. The van der Waals surface area contributed by atoms with Crippen LogP contribution in [-0.4, -0.2) is 26.0 Å². The average Bonchev–Trinajstić information content (AvgIpc) is 3.41. The molecule has 44 heavy (non-hydrogen) atoms. The smallest absolute Gasteiger partial charge is 0.488 e. The van der Waals surface area contributed by atoms with E-state index in [1.165, 1.54) is 24.3 Å². The second kappa shape index (κ2) is 12.0. The standard InChI is InChI=1S/C30H19F6N3O5/c31-29(32,33)19-10-14-21(15-11-19)43-20-12-8-18(9-13-20)17-42-24-6-2-1-4-22(24)23-5-3-7-26(38-23)39-27(30(34,35)36)25(16-37-39)44-28(40)41/h1-16H,17H2,(H,40,41). The van der Waals surface area contributed by atoms with Crippen LogP contribution in [0.3, 0.4) is 0 Å². The Kier molecular flexibility index (Phi) is 8.16. The molecule has 0 unspecified atom stereocenters. The van der Waals surface area contributed by atoms with E-state index >= 15 is 0 Å². The van der Waals surface area contributed by atoms with Crippen LogP contribution in [-0.2, 0) is 19.0 Å². The molecule has 0 saturated heterocycles. The van der Waals surface area contributed by atoms with Crippen LogP contribution in [0.4, 0.5) is 31.1 Å². The van der Waals surface area contributed by atoms with Gasteiger partial charge in [-0.2, -0.15) is 31.4 Å². The zero-order valence-electron chi connectivity index (χ0n) is 22.1. The summed E-state index contributed by atoms with van der Waals surface area (Å²) < 4.78 is 95.9. The van der Waals surface area contributed by atoms with Crippen molar-refractivity contribution < 1.29 is 50.5 Å². The summed E-state index contributed by atoms with van der Waals surface area (Å²) in [5, 5.41) is 12.4. The maximum Gasteiger partial charge on any atom is 0.511 e. The van der Waals surface area contributed by atoms with Crippen molar-refractivity contribution in [2.75, 3.05) is 0 Å². The number of aromatic nitrogens is 3. The summed E-state index contributed by atoms with van der Waals surface area (Å²) in [4.78, 5) is 15.2. The lowest BCUT2D eigenvalue weighted by Gasteiger charge is -2.14. The first-order valence-corrected chi connectivity index (χ1v) is 12.6. The Bertz CT molecular complexity index is 1770. The third kappa shape index (κ3) is 6.91. The minimum atomic E-state index is -5.00. The topological polar surface area (TPSA) is 95.7 Å². The molecular weight excluding hydrogens is 596 g/mol. The molecule has 0 bridgehead atoms. The molecule has 2 heterocycles. The predicted octanol–water partition coefficient (Wildman–Crippen LogP) is 8.40. The molecule has 226 valence electrons. The monoisotopic (exact) mass is 615 g/mol. The molecule has 0 aliphatic heterocycles. The Morgan fingerprint density at radius 1 is 0.773 bits per heavy atom. The molecule has 1 N–H and O–H groups in total. The van der Waals surface area contributed by atoms with Crippen LogP contribution in [0.1, 0.15) is 16.8 Å². The molecule has 0 radical (unpaired) electrons. The van der Waals surface area contributed by atoms with E-state index in [9.17, 15) is 31.1 Å². The van der Waals surface area contributed by atoms with Crippen molar-refractivity contribution in [3.8, 4) is 40.1 Å². The van der Waals surface area contributed by atoms with Crippen molar-refractivity contribution in [3.63, 3.8) is 0 Å². The highest BCUT2D eigenvalue weighted by Gasteiger charge is 2.41. The van der Waals surface area contributed by atoms with Gasteiger partial charge in [-0.25, -0.2) is 14.5 Å². The van der Waals surface area contributed by atoms with Crippen molar-refractivity contribution in [2.24, 2.45) is 0 Å². The molecule has 0 saturated carbocycles. The Labute approximate surface area is 244 Å². The minimum Gasteiger partial charge on any atom is -0.488 e. The number of pyridine rings is 1. The van der Waals surface area contributed by atoms with Crippen molar-refractivity contribution in [1.29, 1.82) is 0 Å². The van der Waals surface area contributed by atoms with E-state index in [-0.39, 0.29) is 23.9 Å². The lowest BCUT2D eigenvalue weighted by molar-refractivity contribution is -0.144. The minimum absolute atomic E-state index is 0.0878. The molecule has 0 amide bonds. The fourth-order valence-corrected chi connectivity index (χ4v) is 4.09. The van der Waals surface area contributed by atoms with Gasteiger partial charge in [0.2, 0.25) is 0 Å². The quantitative estimate of drug-likeness (QED) is 0.138. The Morgan fingerprint density at radius 2 is 1.43 bits per heavy atom. The molecule has 0 aliphatic rings. The van der Waals surface area contributed by atoms with Crippen LogP contribution >= 0.6 is 0 Å². The maximum absolute atomic E-state index is 13.8. The van der Waals surface area contributed by atoms with E-state index in [1.54, 1.807) is 54.6 Å². The summed E-state index contributed by atoms with van der Waals surface area (Å²) in [7, 11) is 0. The van der Waals surface area contributed by atoms with E-state index in [1.807, 2.05) is 0 Å². The van der Waals surface area contributed by atoms with Gasteiger partial charge in [-0.1, -0.05) is 30.3 Å². The molecule has 5 rings (SSSR count). The van der Waals surface area contributed by atoms with Gasteiger partial charge in [-0.15, -0.1) is 0 Å². The van der Waals surface area contributed by atoms with E-state index in [2.05, 4.69) is 14.8 Å². The van der Waals surface area contributed by atoms with Gasteiger partial charge in [-0.05, 0) is 66.2 Å². The van der Waals surface area contributed by atoms with Gasteiger partial charge >= 0.3 is 18.5 Å². The summed E-state index contributed by atoms with van der Waals surface area (Å²) in [6.07, 6.45) is -10.7. The van der Waals surface area contributed by atoms with Crippen LogP contribution in [0.25, 0.3) is 17.1 Å². The number of carbonyl (C=O) groups is 1. The second-order valence-corrected chi connectivity index (χ2v) is 9.07. The van der Waals surface area contributed by atoms with E-state index in [4.69, 9.17) is 14.6 Å². The highest BCUT2D eigenvalue weighted by Crippen LogP contribution is 2.38. The van der Waals surface area contributed by atoms with Crippen LogP contribution in [0.5, 0.6) is 23.0 Å². The highest BCUT2D eigenvalue weighted by atomic mass is 19.4. The lowest BCUT2D eigenvalue weighted by Crippen LogP contribution is -2.17. The summed E-state index contributed by atoms with van der Waals surface area (Å²) in [5.74, 6) is -0.240. The summed E-state index contributed by atoms with van der Waals surface area (Å²) in [6.45, 7) is 0.0878. The first-order chi connectivity index (χ1) is 20.9. The van der Waals surface area contributed by atoms with Gasteiger partial charge in [0.05, 0.1) is 17.5 Å². The van der Waals surface area contributed by atoms with Crippen molar-refractivity contribution in [3.05, 3.63) is 114 Å². The van der Waals surface area contributed by atoms with Gasteiger partial charge in [0.1, 0.15) is 23.9 Å². The van der Waals surface area contributed by atoms with Crippen molar-refractivity contribution in [1.82, 2.24) is 14.8 Å². The lowest BCUT2D eigenvalue weighted by atomic mass is 10.1. The number of carboxylic acid groups (broad SMARTS) is 1. The summed E-state index contributed by atoms with van der Waals surface area (Å²) in [6, 6.07) is 21.9. The predicted molar refractivity (Wildman–Crippen MR) is 143 cm³/mol. The number of benzene rings is 3. The number of nitrogens with zero attached hydrogens (tertiary/aromatic N) is 3. The maximum atomic E-state index is 13.8. The number of para-hydroxylation sites is 1. The SMILES string of the molecule is O=C(O)Oc1cnn(-c2cccc(-c3ccccc3OCc3ccc(Oc4ccc(C(F)(F)F)cc4)cc3)n2)c1C(F)(F)F. The van der Waals surface area contributed by atoms with E-state index in [0.29, 0.717) is 27.9 Å². The molecule has 8 nitrogen and oxygen atoms in total. The van der Waals surface area contributed by atoms with Crippen molar-refractivity contribution in [2.45, 2.75) is 19.0 Å². The third-order valence-corrected chi connectivity index (χ3v) is 6.05. The summed E-state index contributed by atoms with van der Waals surface area (Å²) >= 11 is 0. The van der Waals surface area contributed by atoms with Crippen LogP contribution in [0, 0.1) is 0 Å². The second-order valence-electron chi connectivity index (χ2n) is 9.07. The molecule has 2 aromatic heterocycles. The fraction of sp³-hybridized carbons (Fsp3) is 0.100.